The van der Waals surface area contributed by atoms with Crippen LogP contribution >= 0.6 is 10.7 Å². The van der Waals surface area contributed by atoms with Gasteiger partial charge >= 0.3 is 0 Å². The van der Waals surface area contributed by atoms with Crippen LogP contribution in [0.3, 0.4) is 0 Å². The molecule has 0 fully saturated rings. The summed E-state index contributed by atoms with van der Waals surface area (Å²) in [6, 6.07) is 10.4. The lowest BCUT2D eigenvalue weighted by atomic mass is 10.0. The summed E-state index contributed by atoms with van der Waals surface area (Å²) in [5.74, 6) is -0.172. The average molecular weight is 301 g/mol. The fourth-order valence-corrected chi connectivity index (χ4v) is 2.50. The largest absolute Gasteiger partial charge is 0.496 e. The lowest BCUT2D eigenvalue weighted by Crippen LogP contribution is -1.95. The van der Waals surface area contributed by atoms with Gasteiger partial charge in [-0.1, -0.05) is 18.2 Å². The summed E-state index contributed by atoms with van der Waals surface area (Å²) in [6.07, 6.45) is 0. The minimum Gasteiger partial charge on any atom is -0.496 e. The van der Waals surface area contributed by atoms with Gasteiger partial charge in [-0.25, -0.2) is 12.8 Å². The van der Waals surface area contributed by atoms with Crippen molar-refractivity contribution >= 4 is 19.7 Å². The fraction of sp³-hybridized carbons (Fsp3) is 0.0769. The number of hydrogen-bond acceptors (Lipinski definition) is 3. The van der Waals surface area contributed by atoms with Crippen molar-refractivity contribution in [2.24, 2.45) is 0 Å². The zero-order valence-electron chi connectivity index (χ0n) is 9.93. The van der Waals surface area contributed by atoms with Crippen molar-refractivity contribution in [1.29, 1.82) is 0 Å². The number of rotatable bonds is 3. The predicted molar refractivity (Wildman–Crippen MR) is 71.4 cm³/mol. The summed E-state index contributed by atoms with van der Waals surface area (Å²) in [7, 11) is 2.71. The Labute approximate surface area is 115 Å². The molecule has 0 bridgehead atoms. The molecule has 0 aliphatic rings. The second-order valence-corrected chi connectivity index (χ2v) is 6.35. The van der Waals surface area contributed by atoms with E-state index in [-0.39, 0.29) is 10.5 Å². The molecule has 0 aliphatic carbocycles. The van der Waals surface area contributed by atoms with E-state index >= 15 is 0 Å². The third kappa shape index (κ3) is 2.88. The molecule has 0 heterocycles. The van der Waals surface area contributed by atoms with Crippen LogP contribution in [-0.4, -0.2) is 15.5 Å². The van der Waals surface area contributed by atoms with Crippen LogP contribution in [0.4, 0.5) is 4.39 Å². The summed E-state index contributed by atoms with van der Waals surface area (Å²) in [4.78, 5) is -0.273. The van der Waals surface area contributed by atoms with Gasteiger partial charge in [0.1, 0.15) is 11.6 Å². The molecule has 2 aromatic rings. The van der Waals surface area contributed by atoms with Gasteiger partial charge in [0.25, 0.3) is 9.05 Å². The first kappa shape index (κ1) is 13.8. The molecule has 19 heavy (non-hydrogen) atoms. The van der Waals surface area contributed by atoms with Gasteiger partial charge < -0.3 is 4.74 Å². The molecule has 0 saturated carbocycles. The maximum atomic E-state index is 14.0. The monoisotopic (exact) mass is 300 g/mol. The summed E-state index contributed by atoms with van der Waals surface area (Å²) in [6.45, 7) is 0. The van der Waals surface area contributed by atoms with Crippen molar-refractivity contribution in [1.82, 2.24) is 0 Å². The van der Waals surface area contributed by atoms with Gasteiger partial charge in [0.05, 0.1) is 12.0 Å². The molecule has 6 heteroatoms. The second-order valence-electron chi connectivity index (χ2n) is 3.78. The van der Waals surface area contributed by atoms with Crippen molar-refractivity contribution in [2.75, 3.05) is 7.11 Å². The van der Waals surface area contributed by atoms with Crippen molar-refractivity contribution in [2.45, 2.75) is 4.90 Å². The average Bonchev–Trinajstić information content (AvgIpc) is 2.37. The molecular weight excluding hydrogens is 291 g/mol. The smallest absolute Gasteiger partial charge is 0.261 e. The molecule has 2 rings (SSSR count). The number of para-hydroxylation sites is 1. The SMILES string of the molecule is COc1ccccc1-c1ccc(S(=O)(=O)Cl)cc1F. The van der Waals surface area contributed by atoms with E-state index < -0.39 is 14.9 Å². The Balaban J connectivity index is 2.59. The number of methoxy groups -OCH3 is 1. The highest BCUT2D eigenvalue weighted by molar-refractivity contribution is 8.13. The first-order chi connectivity index (χ1) is 8.93. The van der Waals surface area contributed by atoms with Gasteiger partial charge in [0.15, 0.2) is 0 Å². The zero-order valence-corrected chi connectivity index (χ0v) is 11.5. The number of hydrogen-bond donors (Lipinski definition) is 0. The van der Waals surface area contributed by atoms with Crippen molar-refractivity contribution < 1.29 is 17.5 Å². The van der Waals surface area contributed by atoms with Crippen LogP contribution in [0, 0.1) is 5.82 Å². The highest BCUT2D eigenvalue weighted by atomic mass is 35.7. The quantitative estimate of drug-likeness (QED) is 0.816. The Hall–Kier alpha value is -1.59. The maximum absolute atomic E-state index is 14.0. The van der Waals surface area contributed by atoms with Crippen LogP contribution in [0.1, 0.15) is 0 Å². The van der Waals surface area contributed by atoms with Gasteiger partial charge in [0.2, 0.25) is 0 Å². The van der Waals surface area contributed by atoms with E-state index in [1.807, 2.05) is 0 Å². The Morgan fingerprint density at radius 2 is 1.79 bits per heavy atom. The second kappa shape index (κ2) is 5.19. The normalized spacial score (nSPS) is 11.3. The molecule has 0 saturated heterocycles. The molecule has 100 valence electrons. The van der Waals surface area contributed by atoms with Crippen molar-refractivity contribution in [3.8, 4) is 16.9 Å². The van der Waals surface area contributed by atoms with Gasteiger partial charge in [-0.3, -0.25) is 0 Å². The van der Waals surface area contributed by atoms with Crippen LogP contribution in [0.5, 0.6) is 5.75 Å². The van der Waals surface area contributed by atoms with Gasteiger partial charge in [0, 0.05) is 21.8 Å². The Kier molecular flexibility index (Phi) is 3.78. The van der Waals surface area contributed by atoms with Crippen LogP contribution < -0.4 is 4.74 Å². The first-order valence-corrected chi connectivity index (χ1v) is 7.62. The standard InChI is InChI=1S/C13H10ClFO3S/c1-18-13-5-3-2-4-11(13)10-7-6-9(8-12(10)15)19(14,16)17/h2-8H,1H3. The Morgan fingerprint density at radius 3 is 2.37 bits per heavy atom. The lowest BCUT2D eigenvalue weighted by molar-refractivity contribution is 0.416. The van der Waals surface area contributed by atoms with Crippen LogP contribution in [-0.2, 0) is 9.05 Å². The van der Waals surface area contributed by atoms with Gasteiger partial charge in [-0.05, 0) is 24.3 Å². The molecule has 0 unspecified atom stereocenters. The Bertz CT molecular complexity index is 714. The summed E-state index contributed by atoms with van der Waals surface area (Å²) >= 11 is 0. The zero-order chi connectivity index (χ0) is 14.0. The summed E-state index contributed by atoms with van der Waals surface area (Å²) in [5.41, 5.74) is 0.794. The van der Waals surface area contributed by atoms with Crippen LogP contribution in [0.2, 0.25) is 0 Å². The van der Waals surface area contributed by atoms with Crippen LogP contribution in [0.25, 0.3) is 11.1 Å². The first-order valence-electron chi connectivity index (χ1n) is 5.31. The molecule has 3 nitrogen and oxygen atoms in total. The van der Waals surface area contributed by atoms with E-state index in [4.69, 9.17) is 15.4 Å². The molecule has 0 N–H and O–H groups in total. The molecule has 0 radical (unpaired) electrons. The molecule has 0 atom stereocenters. The predicted octanol–water partition coefficient (Wildman–Crippen LogP) is 3.43. The van der Waals surface area contributed by atoms with E-state index in [0.29, 0.717) is 11.3 Å². The minimum atomic E-state index is -3.94. The number of halogens is 2. The molecule has 0 aliphatic heterocycles. The summed E-state index contributed by atoms with van der Waals surface area (Å²) in [5, 5.41) is 0. The fourth-order valence-electron chi connectivity index (χ4n) is 1.73. The Morgan fingerprint density at radius 1 is 1.11 bits per heavy atom. The van der Waals surface area contributed by atoms with Crippen molar-refractivity contribution in [3.05, 3.63) is 48.3 Å². The van der Waals surface area contributed by atoms with E-state index in [0.717, 1.165) is 6.07 Å². The molecule has 2 aromatic carbocycles. The van der Waals surface area contributed by atoms with E-state index in [1.165, 1.54) is 19.2 Å². The highest BCUT2D eigenvalue weighted by Crippen LogP contribution is 2.32. The number of ether oxygens (including phenoxy) is 1. The van der Waals surface area contributed by atoms with Crippen molar-refractivity contribution in [3.63, 3.8) is 0 Å². The number of benzene rings is 2. The topological polar surface area (TPSA) is 43.4 Å². The molecule has 0 amide bonds. The van der Waals surface area contributed by atoms with E-state index in [1.54, 1.807) is 24.3 Å². The molecule has 0 aromatic heterocycles. The van der Waals surface area contributed by atoms with E-state index in [9.17, 15) is 12.8 Å². The van der Waals surface area contributed by atoms with Crippen LogP contribution in [0.15, 0.2) is 47.4 Å². The molecular formula is C13H10ClFO3S. The van der Waals surface area contributed by atoms with Gasteiger partial charge in [-0.15, -0.1) is 0 Å². The van der Waals surface area contributed by atoms with E-state index in [2.05, 4.69) is 0 Å². The summed E-state index contributed by atoms with van der Waals surface area (Å²) < 4.78 is 41.4. The minimum absolute atomic E-state index is 0.251. The van der Waals surface area contributed by atoms with Gasteiger partial charge in [-0.2, -0.15) is 0 Å². The lowest BCUT2D eigenvalue weighted by Gasteiger charge is -2.09. The third-order valence-electron chi connectivity index (χ3n) is 2.62. The highest BCUT2D eigenvalue weighted by Gasteiger charge is 2.15. The molecule has 0 spiro atoms. The third-order valence-corrected chi connectivity index (χ3v) is 3.97. The maximum Gasteiger partial charge on any atom is 0.261 e.